The van der Waals surface area contributed by atoms with Gasteiger partial charge in [0.05, 0.1) is 0 Å². The van der Waals surface area contributed by atoms with Gasteiger partial charge in [0.2, 0.25) is 0 Å². The molecule has 1 saturated carbocycles. The number of halogens is 1. The van der Waals surface area contributed by atoms with E-state index < -0.39 is 0 Å². The molecule has 0 heterocycles. The Morgan fingerprint density at radius 3 is 2.74 bits per heavy atom. The molecule has 0 aliphatic heterocycles. The first kappa shape index (κ1) is 15.0. The molecule has 1 aromatic carbocycles. The van der Waals surface area contributed by atoms with Gasteiger partial charge in [-0.15, -0.1) is 0 Å². The van der Waals surface area contributed by atoms with E-state index in [0.29, 0.717) is 12.0 Å². The van der Waals surface area contributed by atoms with Gasteiger partial charge in [0.15, 0.2) is 0 Å². The van der Waals surface area contributed by atoms with Crippen LogP contribution in [0.5, 0.6) is 0 Å². The van der Waals surface area contributed by atoms with E-state index in [1.807, 2.05) is 0 Å². The summed E-state index contributed by atoms with van der Waals surface area (Å²) in [5, 5.41) is 0. The number of hydrogen-bond donors (Lipinski definition) is 2. The van der Waals surface area contributed by atoms with E-state index in [2.05, 4.69) is 59.5 Å². The molecule has 3 heteroatoms. The summed E-state index contributed by atoms with van der Waals surface area (Å²) < 4.78 is 1.14. The van der Waals surface area contributed by atoms with Crippen LogP contribution in [-0.2, 0) is 6.42 Å². The molecule has 0 aromatic heterocycles. The molecule has 1 aromatic rings. The van der Waals surface area contributed by atoms with Crippen molar-refractivity contribution < 1.29 is 0 Å². The Labute approximate surface area is 125 Å². The summed E-state index contributed by atoms with van der Waals surface area (Å²) in [6.07, 6.45) is 4.95. The number of rotatable bonds is 4. The molecule has 0 saturated heterocycles. The fourth-order valence-electron chi connectivity index (χ4n) is 3.23. The zero-order valence-electron chi connectivity index (χ0n) is 11.9. The standard InChI is InChI=1S/C16H25BrN2/c1-11-6-7-14(8-12(11)2)16(19-18)10-13-4-3-5-15(17)9-13/h3-5,9,11-12,14,16,19H,6-8,10,18H2,1-2H3. The molecule has 4 unspecified atom stereocenters. The van der Waals surface area contributed by atoms with Gasteiger partial charge in [-0.25, -0.2) is 0 Å². The largest absolute Gasteiger partial charge is 0.271 e. The Balaban J connectivity index is 2.00. The van der Waals surface area contributed by atoms with Crippen LogP contribution in [0, 0.1) is 17.8 Å². The van der Waals surface area contributed by atoms with Crippen LogP contribution in [0.2, 0.25) is 0 Å². The van der Waals surface area contributed by atoms with Crippen LogP contribution >= 0.6 is 15.9 Å². The van der Waals surface area contributed by atoms with Gasteiger partial charge in [-0.05, 0) is 54.7 Å². The molecule has 4 atom stereocenters. The zero-order chi connectivity index (χ0) is 13.8. The van der Waals surface area contributed by atoms with Crippen molar-refractivity contribution >= 4 is 15.9 Å². The quantitative estimate of drug-likeness (QED) is 0.651. The third-order valence-corrected chi connectivity index (χ3v) is 5.26. The number of benzene rings is 1. The van der Waals surface area contributed by atoms with E-state index in [4.69, 9.17) is 5.84 Å². The smallest absolute Gasteiger partial charge is 0.0279 e. The molecular formula is C16H25BrN2. The number of nitrogens with one attached hydrogen (secondary N) is 1. The Morgan fingerprint density at radius 2 is 2.11 bits per heavy atom. The summed E-state index contributed by atoms with van der Waals surface area (Å²) >= 11 is 3.54. The second-order valence-corrected chi connectivity index (χ2v) is 7.05. The first-order valence-electron chi connectivity index (χ1n) is 7.30. The van der Waals surface area contributed by atoms with E-state index >= 15 is 0 Å². The van der Waals surface area contributed by atoms with Crippen LogP contribution in [-0.4, -0.2) is 6.04 Å². The Bertz CT molecular complexity index is 407. The van der Waals surface area contributed by atoms with Crippen molar-refractivity contribution in [3.63, 3.8) is 0 Å². The summed E-state index contributed by atoms with van der Waals surface area (Å²) in [7, 11) is 0. The second kappa shape index (κ2) is 6.87. The van der Waals surface area contributed by atoms with Crippen LogP contribution in [0.3, 0.4) is 0 Å². The van der Waals surface area contributed by atoms with Gasteiger partial charge in [0.1, 0.15) is 0 Å². The fourth-order valence-corrected chi connectivity index (χ4v) is 3.68. The highest BCUT2D eigenvalue weighted by Gasteiger charge is 2.29. The molecule has 19 heavy (non-hydrogen) atoms. The number of hydrogen-bond acceptors (Lipinski definition) is 2. The third kappa shape index (κ3) is 4.04. The van der Waals surface area contributed by atoms with Gasteiger partial charge in [-0.3, -0.25) is 11.3 Å². The Morgan fingerprint density at radius 1 is 1.32 bits per heavy atom. The molecule has 0 bridgehead atoms. The maximum atomic E-state index is 5.81. The SMILES string of the molecule is CC1CCC(C(Cc2cccc(Br)c2)NN)CC1C. The molecule has 0 radical (unpaired) electrons. The number of hydrazine groups is 1. The lowest BCUT2D eigenvalue weighted by Crippen LogP contribution is -2.44. The average molecular weight is 325 g/mol. The van der Waals surface area contributed by atoms with E-state index in [1.165, 1.54) is 24.8 Å². The summed E-state index contributed by atoms with van der Waals surface area (Å²) in [6, 6.07) is 8.93. The van der Waals surface area contributed by atoms with Crippen molar-refractivity contribution in [3.05, 3.63) is 34.3 Å². The van der Waals surface area contributed by atoms with Crippen molar-refractivity contribution in [1.29, 1.82) is 0 Å². The predicted octanol–water partition coefficient (Wildman–Crippen LogP) is 3.90. The molecule has 3 N–H and O–H groups in total. The fraction of sp³-hybridized carbons (Fsp3) is 0.625. The molecule has 0 spiro atoms. The highest BCUT2D eigenvalue weighted by molar-refractivity contribution is 9.10. The zero-order valence-corrected chi connectivity index (χ0v) is 13.5. The molecule has 106 valence electrons. The Kier molecular flexibility index (Phi) is 5.43. The normalized spacial score (nSPS) is 29.2. The van der Waals surface area contributed by atoms with E-state index in [-0.39, 0.29) is 0 Å². The monoisotopic (exact) mass is 324 g/mol. The number of nitrogens with two attached hydrogens (primary N) is 1. The first-order valence-corrected chi connectivity index (χ1v) is 8.10. The first-order chi connectivity index (χ1) is 9.10. The molecule has 1 fully saturated rings. The summed E-state index contributed by atoms with van der Waals surface area (Å²) in [4.78, 5) is 0. The van der Waals surface area contributed by atoms with Crippen LogP contribution in [0.15, 0.2) is 28.7 Å². The molecule has 1 aliphatic rings. The maximum Gasteiger partial charge on any atom is 0.0279 e. The van der Waals surface area contributed by atoms with E-state index in [0.717, 1.165) is 22.7 Å². The minimum absolute atomic E-state index is 0.393. The van der Waals surface area contributed by atoms with Gasteiger partial charge < -0.3 is 0 Å². The summed E-state index contributed by atoms with van der Waals surface area (Å²) in [6.45, 7) is 4.75. The molecule has 2 rings (SSSR count). The molecule has 0 amide bonds. The third-order valence-electron chi connectivity index (χ3n) is 4.77. The Hall–Kier alpha value is -0.380. The average Bonchev–Trinajstić information content (AvgIpc) is 2.39. The van der Waals surface area contributed by atoms with Gasteiger partial charge >= 0.3 is 0 Å². The molecular weight excluding hydrogens is 300 g/mol. The van der Waals surface area contributed by atoms with Crippen molar-refractivity contribution in [3.8, 4) is 0 Å². The summed E-state index contributed by atoms with van der Waals surface area (Å²) in [5.74, 6) is 8.19. The van der Waals surface area contributed by atoms with Crippen molar-refractivity contribution in [2.24, 2.45) is 23.6 Å². The van der Waals surface area contributed by atoms with Crippen LogP contribution < -0.4 is 11.3 Å². The van der Waals surface area contributed by atoms with Gasteiger partial charge in [-0.1, -0.05) is 48.3 Å². The summed E-state index contributed by atoms with van der Waals surface area (Å²) in [5.41, 5.74) is 4.41. The van der Waals surface area contributed by atoms with Gasteiger partial charge in [0.25, 0.3) is 0 Å². The molecule has 2 nitrogen and oxygen atoms in total. The highest BCUT2D eigenvalue weighted by Crippen LogP contribution is 2.35. The lowest BCUT2D eigenvalue weighted by Gasteiger charge is -2.36. The lowest BCUT2D eigenvalue weighted by molar-refractivity contribution is 0.170. The van der Waals surface area contributed by atoms with Crippen molar-refractivity contribution in [1.82, 2.24) is 5.43 Å². The second-order valence-electron chi connectivity index (χ2n) is 6.13. The minimum Gasteiger partial charge on any atom is -0.271 e. The van der Waals surface area contributed by atoms with Gasteiger partial charge in [0, 0.05) is 10.5 Å². The van der Waals surface area contributed by atoms with E-state index in [9.17, 15) is 0 Å². The highest BCUT2D eigenvalue weighted by atomic mass is 79.9. The lowest BCUT2D eigenvalue weighted by atomic mass is 9.72. The molecule has 1 aliphatic carbocycles. The van der Waals surface area contributed by atoms with Crippen molar-refractivity contribution in [2.75, 3.05) is 0 Å². The minimum atomic E-state index is 0.393. The topological polar surface area (TPSA) is 38.0 Å². The van der Waals surface area contributed by atoms with Crippen LogP contribution in [0.4, 0.5) is 0 Å². The van der Waals surface area contributed by atoms with Crippen molar-refractivity contribution in [2.45, 2.75) is 45.6 Å². The maximum absolute atomic E-state index is 5.81. The van der Waals surface area contributed by atoms with Crippen LogP contribution in [0.1, 0.15) is 38.7 Å². The predicted molar refractivity (Wildman–Crippen MR) is 84.6 cm³/mol. The van der Waals surface area contributed by atoms with E-state index in [1.54, 1.807) is 0 Å². The van der Waals surface area contributed by atoms with Crippen LogP contribution in [0.25, 0.3) is 0 Å². The van der Waals surface area contributed by atoms with Gasteiger partial charge in [-0.2, -0.15) is 0 Å².